The maximum Gasteiger partial charge on any atom is 0.296 e. The molecule has 8 rings (SSSR count). The number of aromatic nitrogens is 5. The highest BCUT2D eigenvalue weighted by atomic mass is 16.4. The van der Waals surface area contributed by atoms with Crippen LogP contribution in [0.1, 0.15) is 25.7 Å². The molecule has 164 valence electrons. The fourth-order valence-corrected chi connectivity index (χ4v) is 5.76. The standard InChI is InChI=1S/C25H21N5O3/c1-29-21(28-19(20(31)24(29)32)23-27-16-7-3-5-9-18(16)33-23)22-26-15-6-2-4-8-17(15)30(22)25-11-10-14(12-25)13-25/h2-9,14,31H,10-13H2,1H3. The van der Waals surface area contributed by atoms with Gasteiger partial charge in [0.1, 0.15) is 5.52 Å². The number of nitrogens with zero attached hydrogens (tertiary/aromatic N) is 5. The third-order valence-electron chi connectivity index (χ3n) is 7.35. The summed E-state index contributed by atoms with van der Waals surface area (Å²) in [6, 6.07) is 15.3. The van der Waals surface area contributed by atoms with E-state index in [-0.39, 0.29) is 17.1 Å². The average Bonchev–Trinajstić information content (AvgIpc) is 3.57. The first-order chi connectivity index (χ1) is 16.0. The molecule has 2 aromatic carbocycles. The summed E-state index contributed by atoms with van der Waals surface area (Å²) in [6.45, 7) is 0. The van der Waals surface area contributed by atoms with Crippen molar-refractivity contribution in [1.82, 2.24) is 24.1 Å². The second kappa shape index (κ2) is 6.31. The quantitative estimate of drug-likeness (QED) is 0.452. The van der Waals surface area contributed by atoms with Crippen LogP contribution >= 0.6 is 0 Å². The summed E-state index contributed by atoms with van der Waals surface area (Å²) < 4.78 is 9.47. The molecule has 5 aromatic rings. The Morgan fingerprint density at radius 2 is 1.76 bits per heavy atom. The van der Waals surface area contributed by atoms with E-state index in [0.29, 0.717) is 22.7 Å². The highest BCUT2D eigenvalue weighted by Gasteiger charge is 2.53. The molecule has 0 spiro atoms. The predicted octanol–water partition coefficient (Wildman–Crippen LogP) is 4.21. The fraction of sp³-hybridized carbons (Fsp3) is 0.280. The van der Waals surface area contributed by atoms with Crippen LogP contribution in [0.25, 0.3) is 45.4 Å². The summed E-state index contributed by atoms with van der Waals surface area (Å²) in [4.78, 5) is 27.2. The number of hydrogen-bond acceptors (Lipinski definition) is 6. The van der Waals surface area contributed by atoms with Crippen molar-refractivity contribution in [3.63, 3.8) is 0 Å². The first kappa shape index (κ1) is 18.6. The van der Waals surface area contributed by atoms with Gasteiger partial charge in [-0.25, -0.2) is 15.0 Å². The summed E-state index contributed by atoms with van der Waals surface area (Å²) in [7, 11) is 1.61. The SMILES string of the molecule is Cn1c(-c2nc3ccccc3n2C23CCC(C2)C3)nc(-c2nc3ccccc3o2)c(O)c1=O. The maximum absolute atomic E-state index is 13.1. The Labute approximate surface area is 188 Å². The molecule has 3 saturated carbocycles. The van der Waals surface area contributed by atoms with Crippen molar-refractivity contribution in [2.45, 2.75) is 31.2 Å². The second-order valence-electron chi connectivity index (χ2n) is 9.28. The number of para-hydroxylation sites is 4. The number of fused-ring (bicyclic) bond motifs is 3. The average molecular weight is 439 g/mol. The number of hydrogen-bond donors (Lipinski definition) is 1. The zero-order valence-corrected chi connectivity index (χ0v) is 18.0. The molecule has 0 aliphatic heterocycles. The summed E-state index contributed by atoms with van der Waals surface area (Å²) in [5, 5.41) is 10.7. The van der Waals surface area contributed by atoms with Crippen LogP contribution in [0.2, 0.25) is 0 Å². The lowest BCUT2D eigenvalue weighted by Crippen LogP contribution is -2.39. The smallest absolute Gasteiger partial charge is 0.296 e. The molecule has 0 unspecified atom stereocenters. The summed E-state index contributed by atoms with van der Waals surface area (Å²) in [6.07, 6.45) is 4.53. The van der Waals surface area contributed by atoms with E-state index < -0.39 is 11.3 Å². The lowest BCUT2D eigenvalue weighted by molar-refractivity contribution is 0.159. The van der Waals surface area contributed by atoms with Gasteiger partial charge in [0.25, 0.3) is 5.56 Å². The van der Waals surface area contributed by atoms with Crippen LogP contribution in [0.4, 0.5) is 0 Å². The molecule has 3 heterocycles. The Bertz CT molecular complexity index is 1600. The van der Waals surface area contributed by atoms with Crippen molar-refractivity contribution >= 4 is 22.1 Å². The van der Waals surface area contributed by atoms with Gasteiger partial charge in [-0.05, 0) is 55.9 Å². The van der Waals surface area contributed by atoms with E-state index in [0.717, 1.165) is 36.2 Å². The topological polar surface area (TPSA) is 99.0 Å². The molecule has 0 amide bonds. The summed E-state index contributed by atoms with van der Waals surface area (Å²) in [5.74, 6) is 1.40. The van der Waals surface area contributed by atoms with Crippen LogP contribution in [0.3, 0.4) is 0 Å². The maximum atomic E-state index is 13.1. The Morgan fingerprint density at radius 3 is 2.52 bits per heavy atom. The molecule has 3 aromatic heterocycles. The predicted molar refractivity (Wildman–Crippen MR) is 123 cm³/mol. The third kappa shape index (κ3) is 2.46. The largest absolute Gasteiger partial charge is 0.501 e. The van der Waals surface area contributed by atoms with Gasteiger partial charge in [0.05, 0.1) is 11.0 Å². The number of benzene rings is 2. The van der Waals surface area contributed by atoms with Gasteiger partial charge in [0.15, 0.2) is 22.9 Å². The fourth-order valence-electron chi connectivity index (χ4n) is 5.76. The van der Waals surface area contributed by atoms with Crippen molar-refractivity contribution in [3.8, 4) is 29.0 Å². The lowest BCUT2D eigenvalue weighted by Gasteiger charge is -2.41. The number of imidazole rings is 1. The Balaban J connectivity index is 1.51. The van der Waals surface area contributed by atoms with E-state index in [1.54, 1.807) is 13.1 Å². The Hall–Kier alpha value is -3.94. The van der Waals surface area contributed by atoms with Gasteiger partial charge < -0.3 is 14.1 Å². The van der Waals surface area contributed by atoms with Crippen LogP contribution in [0.5, 0.6) is 5.75 Å². The first-order valence-corrected chi connectivity index (χ1v) is 11.2. The van der Waals surface area contributed by atoms with Crippen LogP contribution in [-0.4, -0.2) is 29.2 Å². The van der Waals surface area contributed by atoms with Gasteiger partial charge >= 0.3 is 0 Å². The molecular formula is C25H21N5O3. The monoisotopic (exact) mass is 439 g/mol. The third-order valence-corrected chi connectivity index (χ3v) is 7.35. The zero-order valence-electron chi connectivity index (χ0n) is 18.0. The highest BCUT2D eigenvalue weighted by molar-refractivity contribution is 5.81. The van der Waals surface area contributed by atoms with Crippen LogP contribution in [0.15, 0.2) is 57.7 Å². The van der Waals surface area contributed by atoms with E-state index >= 15 is 0 Å². The van der Waals surface area contributed by atoms with Gasteiger partial charge in [-0.2, -0.15) is 0 Å². The van der Waals surface area contributed by atoms with E-state index in [4.69, 9.17) is 14.4 Å². The van der Waals surface area contributed by atoms with Crippen LogP contribution in [0, 0.1) is 5.92 Å². The van der Waals surface area contributed by atoms with Crippen LogP contribution in [-0.2, 0) is 12.6 Å². The van der Waals surface area contributed by atoms with Gasteiger partial charge in [-0.15, -0.1) is 0 Å². The molecule has 3 aliphatic carbocycles. The minimum Gasteiger partial charge on any atom is -0.501 e. The molecule has 0 atom stereocenters. The summed E-state index contributed by atoms with van der Waals surface area (Å²) >= 11 is 0. The zero-order chi connectivity index (χ0) is 22.3. The minimum absolute atomic E-state index is 0.00346. The van der Waals surface area contributed by atoms with E-state index in [2.05, 4.69) is 15.6 Å². The molecule has 8 nitrogen and oxygen atoms in total. The molecule has 3 aliphatic rings. The van der Waals surface area contributed by atoms with Gasteiger partial charge in [-0.1, -0.05) is 24.3 Å². The number of aromatic hydroxyl groups is 1. The normalized spacial score (nSPS) is 21.7. The Morgan fingerprint density at radius 1 is 1.00 bits per heavy atom. The molecule has 0 saturated heterocycles. The van der Waals surface area contributed by atoms with Crippen molar-refractivity contribution < 1.29 is 9.52 Å². The number of rotatable bonds is 3. The molecule has 33 heavy (non-hydrogen) atoms. The number of oxazole rings is 1. The second-order valence-corrected chi connectivity index (χ2v) is 9.28. The first-order valence-electron chi connectivity index (χ1n) is 11.2. The Kier molecular flexibility index (Phi) is 3.56. The van der Waals surface area contributed by atoms with E-state index in [1.807, 2.05) is 36.4 Å². The van der Waals surface area contributed by atoms with Crippen molar-refractivity contribution in [2.75, 3.05) is 0 Å². The minimum atomic E-state index is -0.564. The van der Waals surface area contributed by atoms with Gasteiger partial charge in [0, 0.05) is 12.6 Å². The summed E-state index contributed by atoms with van der Waals surface area (Å²) in [5.41, 5.74) is 2.57. The molecular weight excluding hydrogens is 418 g/mol. The molecule has 3 fully saturated rings. The van der Waals surface area contributed by atoms with E-state index in [1.165, 1.54) is 11.0 Å². The van der Waals surface area contributed by atoms with Gasteiger partial charge in [-0.3, -0.25) is 9.36 Å². The van der Waals surface area contributed by atoms with E-state index in [9.17, 15) is 9.90 Å². The molecule has 8 heteroatoms. The van der Waals surface area contributed by atoms with Crippen molar-refractivity contribution in [2.24, 2.45) is 13.0 Å². The van der Waals surface area contributed by atoms with Crippen LogP contribution < -0.4 is 5.56 Å². The molecule has 0 radical (unpaired) electrons. The lowest BCUT2D eigenvalue weighted by atomic mass is 9.76. The molecule has 1 N–H and O–H groups in total. The van der Waals surface area contributed by atoms with Crippen molar-refractivity contribution in [1.29, 1.82) is 0 Å². The molecule has 2 bridgehead atoms. The van der Waals surface area contributed by atoms with Crippen molar-refractivity contribution in [3.05, 3.63) is 58.9 Å². The highest BCUT2D eigenvalue weighted by Crippen LogP contribution is 2.58. The van der Waals surface area contributed by atoms with Gasteiger partial charge in [0.2, 0.25) is 11.6 Å².